The maximum absolute atomic E-state index is 13.2. The van der Waals surface area contributed by atoms with Crippen molar-refractivity contribution in [2.75, 3.05) is 23.4 Å². The number of anilines is 1. The summed E-state index contributed by atoms with van der Waals surface area (Å²) >= 11 is 1.05. The number of ether oxygens (including phenoxy) is 1. The van der Waals surface area contributed by atoms with Gasteiger partial charge >= 0.3 is 5.97 Å². The van der Waals surface area contributed by atoms with Crippen LogP contribution >= 0.6 is 11.8 Å². The van der Waals surface area contributed by atoms with Crippen molar-refractivity contribution in [1.82, 2.24) is 0 Å². The van der Waals surface area contributed by atoms with E-state index in [0.29, 0.717) is 6.07 Å². The summed E-state index contributed by atoms with van der Waals surface area (Å²) in [4.78, 5) is 22.4. The summed E-state index contributed by atoms with van der Waals surface area (Å²) in [6.07, 6.45) is 0. The number of benzene rings is 1. The van der Waals surface area contributed by atoms with Gasteiger partial charge in [0.1, 0.15) is 11.6 Å². The maximum Gasteiger partial charge on any atom is 0.315 e. The molecule has 0 saturated carbocycles. The molecule has 1 rings (SSSR count). The highest BCUT2D eigenvalue weighted by molar-refractivity contribution is 8.00. The Morgan fingerprint density at radius 2 is 2.05 bits per heavy atom. The molecular weight excluding hydrogens is 276 g/mol. The highest BCUT2D eigenvalue weighted by Gasteiger charge is 2.09. The molecule has 4 nitrogen and oxygen atoms in total. The predicted octanol–water partition coefficient (Wildman–Crippen LogP) is 2.20. The lowest BCUT2D eigenvalue weighted by molar-refractivity contribution is -0.139. The van der Waals surface area contributed by atoms with Gasteiger partial charge in [0.05, 0.1) is 23.8 Å². The second-order valence-electron chi connectivity index (χ2n) is 3.47. The molecule has 104 valence electrons. The van der Waals surface area contributed by atoms with E-state index >= 15 is 0 Å². The number of thioether (sulfide) groups is 1. The number of carbonyl (C=O) groups excluding carboxylic acids is 2. The Labute approximate surface area is 113 Å². The van der Waals surface area contributed by atoms with Crippen LogP contribution in [0.25, 0.3) is 0 Å². The van der Waals surface area contributed by atoms with Crippen LogP contribution in [0, 0.1) is 11.6 Å². The van der Waals surface area contributed by atoms with Gasteiger partial charge in [0.15, 0.2) is 0 Å². The van der Waals surface area contributed by atoms with Crippen molar-refractivity contribution in [1.29, 1.82) is 0 Å². The smallest absolute Gasteiger partial charge is 0.315 e. The van der Waals surface area contributed by atoms with Crippen LogP contribution in [-0.2, 0) is 14.3 Å². The Morgan fingerprint density at radius 3 is 2.68 bits per heavy atom. The molecule has 1 aromatic carbocycles. The van der Waals surface area contributed by atoms with Crippen molar-refractivity contribution in [3.63, 3.8) is 0 Å². The summed E-state index contributed by atoms with van der Waals surface area (Å²) in [6.45, 7) is 1.97. The molecular formula is C12H13F2NO3S. The molecule has 0 fully saturated rings. The van der Waals surface area contributed by atoms with Crippen LogP contribution in [0.15, 0.2) is 18.2 Å². The molecule has 0 radical (unpaired) electrons. The fourth-order valence-electron chi connectivity index (χ4n) is 1.21. The molecule has 19 heavy (non-hydrogen) atoms. The third-order valence-electron chi connectivity index (χ3n) is 1.96. The monoisotopic (exact) mass is 289 g/mol. The predicted molar refractivity (Wildman–Crippen MR) is 68.9 cm³/mol. The van der Waals surface area contributed by atoms with Crippen molar-refractivity contribution in [3.05, 3.63) is 29.8 Å². The lowest BCUT2D eigenvalue weighted by atomic mass is 10.3. The topological polar surface area (TPSA) is 55.4 Å². The van der Waals surface area contributed by atoms with Gasteiger partial charge in [-0.15, -0.1) is 11.8 Å². The van der Waals surface area contributed by atoms with Crippen molar-refractivity contribution in [2.45, 2.75) is 6.92 Å². The van der Waals surface area contributed by atoms with Crippen LogP contribution < -0.4 is 5.32 Å². The van der Waals surface area contributed by atoms with Gasteiger partial charge in [-0.25, -0.2) is 8.78 Å². The van der Waals surface area contributed by atoms with Gasteiger partial charge in [0.25, 0.3) is 0 Å². The van der Waals surface area contributed by atoms with Crippen LogP contribution in [-0.4, -0.2) is 30.0 Å². The zero-order valence-corrected chi connectivity index (χ0v) is 11.1. The lowest BCUT2D eigenvalue weighted by Gasteiger charge is -2.06. The lowest BCUT2D eigenvalue weighted by Crippen LogP contribution is -2.17. The van der Waals surface area contributed by atoms with Gasteiger partial charge in [-0.2, -0.15) is 0 Å². The van der Waals surface area contributed by atoms with Crippen molar-refractivity contribution in [2.24, 2.45) is 0 Å². The first-order chi connectivity index (χ1) is 9.02. The molecule has 1 N–H and O–H groups in total. The SMILES string of the molecule is CCOC(=O)CSCC(=O)Nc1ccc(F)cc1F. The molecule has 0 unspecified atom stereocenters. The first kappa shape index (κ1) is 15.4. The van der Waals surface area contributed by atoms with Crippen LogP contribution in [0.4, 0.5) is 14.5 Å². The minimum Gasteiger partial charge on any atom is -0.465 e. The Bertz CT molecular complexity index is 468. The summed E-state index contributed by atoms with van der Waals surface area (Å²) in [7, 11) is 0. The summed E-state index contributed by atoms with van der Waals surface area (Å²) in [5.41, 5.74) is -0.0943. The molecule has 0 heterocycles. The third-order valence-corrected chi connectivity index (χ3v) is 2.87. The van der Waals surface area contributed by atoms with Crippen LogP contribution in [0.2, 0.25) is 0 Å². The molecule has 1 amide bonds. The zero-order valence-electron chi connectivity index (χ0n) is 10.2. The minimum absolute atomic E-state index is 0.0182. The van der Waals surface area contributed by atoms with E-state index in [4.69, 9.17) is 0 Å². The Balaban J connectivity index is 2.37. The Kier molecular flexibility index (Phi) is 6.27. The van der Waals surface area contributed by atoms with E-state index in [9.17, 15) is 18.4 Å². The molecule has 7 heteroatoms. The fraction of sp³-hybridized carbons (Fsp3) is 0.333. The van der Waals surface area contributed by atoms with Gasteiger partial charge in [-0.3, -0.25) is 9.59 Å². The van der Waals surface area contributed by atoms with Gasteiger partial charge in [0.2, 0.25) is 5.91 Å². The van der Waals surface area contributed by atoms with Crippen LogP contribution in [0.1, 0.15) is 6.92 Å². The van der Waals surface area contributed by atoms with E-state index in [2.05, 4.69) is 10.1 Å². The minimum atomic E-state index is -0.844. The summed E-state index contributed by atoms with van der Waals surface area (Å²) in [6, 6.07) is 2.87. The largest absolute Gasteiger partial charge is 0.465 e. The van der Waals surface area contributed by atoms with Gasteiger partial charge in [-0.05, 0) is 19.1 Å². The first-order valence-electron chi connectivity index (χ1n) is 5.51. The van der Waals surface area contributed by atoms with Crippen molar-refractivity contribution >= 4 is 29.3 Å². The van der Waals surface area contributed by atoms with E-state index < -0.39 is 23.5 Å². The molecule has 0 aliphatic carbocycles. The highest BCUT2D eigenvalue weighted by atomic mass is 32.2. The average Bonchev–Trinajstić information content (AvgIpc) is 2.33. The number of rotatable bonds is 6. The van der Waals surface area contributed by atoms with E-state index in [1.54, 1.807) is 6.92 Å². The number of esters is 1. The maximum atomic E-state index is 13.2. The zero-order chi connectivity index (χ0) is 14.3. The standard InChI is InChI=1S/C12H13F2NO3S/c1-2-18-12(17)7-19-6-11(16)15-10-4-3-8(13)5-9(10)14/h3-5H,2,6-7H2,1H3,(H,15,16). The van der Waals surface area contributed by atoms with E-state index in [1.165, 1.54) is 0 Å². The number of amides is 1. The Morgan fingerprint density at radius 1 is 1.32 bits per heavy atom. The number of hydrogen-bond donors (Lipinski definition) is 1. The number of carbonyl (C=O) groups is 2. The second-order valence-corrected chi connectivity index (χ2v) is 4.46. The first-order valence-corrected chi connectivity index (χ1v) is 6.66. The van der Waals surface area contributed by atoms with Crippen molar-refractivity contribution in [3.8, 4) is 0 Å². The third kappa shape index (κ3) is 5.69. The molecule has 0 aliphatic rings. The summed E-state index contributed by atoms with van der Waals surface area (Å²) in [5.74, 6) is -2.41. The molecule has 0 aliphatic heterocycles. The molecule has 1 aromatic rings. The van der Waals surface area contributed by atoms with Gasteiger partial charge < -0.3 is 10.1 Å². The van der Waals surface area contributed by atoms with Crippen LogP contribution in [0.3, 0.4) is 0 Å². The number of hydrogen-bond acceptors (Lipinski definition) is 4. The van der Waals surface area contributed by atoms with E-state index in [1.807, 2.05) is 0 Å². The normalized spacial score (nSPS) is 10.1. The molecule has 0 aromatic heterocycles. The van der Waals surface area contributed by atoms with Gasteiger partial charge in [-0.1, -0.05) is 0 Å². The summed E-state index contributed by atoms with van der Waals surface area (Å²) in [5, 5.41) is 2.29. The van der Waals surface area contributed by atoms with Crippen molar-refractivity contribution < 1.29 is 23.1 Å². The number of nitrogens with one attached hydrogen (secondary N) is 1. The van der Waals surface area contributed by atoms with Gasteiger partial charge in [0, 0.05) is 6.07 Å². The highest BCUT2D eigenvalue weighted by Crippen LogP contribution is 2.15. The molecule has 0 saturated heterocycles. The molecule has 0 bridgehead atoms. The Hall–Kier alpha value is -1.63. The average molecular weight is 289 g/mol. The van der Waals surface area contributed by atoms with E-state index in [-0.39, 0.29) is 23.8 Å². The fourth-order valence-corrected chi connectivity index (χ4v) is 1.82. The van der Waals surface area contributed by atoms with Crippen LogP contribution in [0.5, 0.6) is 0 Å². The summed E-state index contributed by atoms with van der Waals surface area (Å²) < 4.78 is 30.5. The molecule has 0 spiro atoms. The quantitative estimate of drug-likeness (QED) is 0.816. The molecule has 0 atom stereocenters. The van der Waals surface area contributed by atoms with E-state index in [0.717, 1.165) is 23.9 Å². The number of halogens is 2. The second kappa shape index (κ2) is 7.73.